The molecular weight excluding hydrogens is 423 g/mol. The Morgan fingerprint density at radius 3 is 2.47 bits per heavy atom. The zero-order chi connectivity index (χ0) is 22.1. The first-order valence-electron chi connectivity index (χ1n) is 8.78. The Morgan fingerprint density at radius 1 is 1.20 bits per heavy atom. The minimum absolute atomic E-state index is 0.0474. The molecule has 8 nitrogen and oxygen atoms in total. The maximum Gasteiger partial charge on any atom is 0.417 e. The van der Waals surface area contributed by atoms with Gasteiger partial charge in [0.15, 0.2) is 5.82 Å². The summed E-state index contributed by atoms with van der Waals surface area (Å²) >= 11 is 6.19. The highest BCUT2D eigenvalue weighted by Gasteiger charge is 2.30. The van der Waals surface area contributed by atoms with E-state index >= 15 is 0 Å². The third kappa shape index (κ3) is 4.62. The van der Waals surface area contributed by atoms with E-state index in [1.54, 1.807) is 10.9 Å². The molecule has 0 saturated carbocycles. The molecule has 1 atom stereocenters. The highest BCUT2D eigenvalue weighted by molar-refractivity contribution is 6.32. The third-order valence-corrected chi connectivity index (χ3v) is 4.80. The zero-order valence-electron chi connectivity index (χ0n) is 16.4. The van der Waals surface area contributed by atoms with Crippen LogP contribution >= 0.6 is 11.6 Å². The van der Waals surface area contributed by atoms with Crippen molar-refractivity contribution in [2.45, 2.75) is 12.2 Å². The van der Waals surface area contributed by atoms with Gasteiger partial charge in [-0.3, -0.25) is 9.48 Å². The van der Waals surface area contributed by atoms with E-state index < -0.39 is 17.3 Å². The summed E-state index contributed by atoms with van der Waals surface area (Å²) in [4.78, 5) is 18.2. The molecule has 0 aliphatic carbocycles. The smallest absolute Gasteiger partial charge is 0.380 e. The van der Waals surface area contributed by atoms with E-state index in [0.29, 0.717) is 18.4 Å². The largest absolute Gasteiger partial charge is 0.417 e. The normalized spacial score (nSPS) is 12.9. The van der Waals surface area contributed by atoms with Crippen LogP contribution in [0, 0.1) is 0 Å². The van der Waals surface area contributed by atoms with E-state index in [9.17, 15) is 18.0 Å². The van der Waals surface area contributed by atoms with Crippen LogP contribution in [-0.2, 0) is 13.2 Å². The van der Waals surface area contributed by atoms with Gasteiger partial charge in [0, 0.05) is 31.5 Å². The lowest BCUT2D eigenvalue weighted by atomic mass is 10.1. The Balaban J connectivity index is 1.82. The summed E-state index contributed by atoms with van der Waals surface area (Å²) in [6, 6.07) is 1.84. The molecule has 0 amide bonds. The number of aryl methyl sites for hydroxylation is 1. The molecule has 0 fully saturated rings. The van der Waals surface area contributed by atoms with Crippen LogP contribution < -0.4 is 10.9 Å². The van der Waals surface area contributed by atoms with E-state index in [1.165, 1.54) is 6.20 Å². The van der Waals surface area contributed by atoms with Crippen molar-refractivity contribution in [3.05, 3.63) is 63.4 Å². The number of halogens is 4. The van der Waals surface area contributed by atoms with E-state index in [-0.39, 0.29) is 16.9 Å². The Labute approximate surface area is 174 Å². The molecule has 0 bridgehead atoms. The zero-order valence-corrected chi connectivity index (χ0v) is 17.1. The van der Waals surface area contributed by atoms with Crippen LogP contribution in [-0.4, -0.2) is 50.1 Å². The van der Waals surface area contributed by atoms with Gasteiger partial charge in [0.2, 0.25) is 0 Å². The molecular formula is C18H19ClF3N7O. The van der Waals surface area contributed by atoms with Crippen molar-refractivity contribution in [2.75, 3.05) is 26.0 Å². The molecule has 160 valence electrons. The average molecular weight is 442 g/mol. The molecule has 0 aliphatic heterocycles. The molecule has 0 spiro atoms. The lowest BCUT2D eigenvalue weighted by Gasteiger charge is -2.24. The molecule has 0 aromatic carbocycles. The predicted molar refractivity (Wildman–Crippen MR) is 106 cm³/mol. The summed E-state index contributed by atoms with van der Waals surface area (Å²) < 4.78 is 40.6. The lowest BCUT2D eigenvalue weighted by Crippen LogP contribution is -2.28. The fraction of sp³-hybridized carbons (Fsp3) is 0.333. The van der Waals surface area contributed by atoms with Crippen LogP contribution in [0.1, 0.15) is 17.2 Å². The third-order valence-electron chi connectivity index (χ3n) is 4.43. The molecule has 3 heterocycles. The van der Waals surface area contributed by atoms with Gasteiger partial charge in [-0.1, -0.05) is 11.6 Å². The van der Waals surface area contributed by atoms with Gasteiger partial charge < -0.3 is 10.2 Å². The molecule has 3 rings (SSSR count). The first-order valence-corrected chi connectivity index (χ1v) is 9.16. The molecule has 1 N–H and O–H groups in total. The van der Waals surface area contributed by atoms with Crippen molar-refractivity contribution < 1.29 is 13.2 Å². The monoisotopic (exact) mass is 441 g/mol. The van der Waals surface area contributed by atoms with Gasteiger partial charge >= 0.3 is 6.18 Å². The minimum Gasteiger partial charge on any atom is -0.380 e. The quantitative estimate of drug-likeness (QED) is 0.633. The summed E-state index contributed by atoms with van der Waals surface area (Å²) in [5.74, 6) is -0.0667. The Morgan fingerprint density at radius 2 is 1.93 bits per heavy atom. The number of alkyl halides is 3. The van der Waals surface area contributed by atoms with Crippen LogP contribution in [0.5, 0.6) is 0 Å². The van der Waals surface area contributed by atoms with Gasteiger partial charge in [0.25, 0.3) is 5.56 Å². The lowest BCUT2D eigenvalue weighted by molar-refractivity contribution is -0.137. The first kappa shape index (κ1) is 21.8. The molecule has 0 saturated heterocycles. The van der Waals surface area contributed by atoms with Crippen molar-refractivity contribution in [1.82, 2.24) is 29.4 Å². The molecule has 12 heteroatoms. The number of aromatic nitrogens is 5. The van der Waals surface area contributed by atoms with Crippen LogP contribution in [0.2, 0.25) is 5.02 Å². The number of hydrogen-bond donors (Lipinski definition) is 1. The van der Waals surface area contributed by atoms with Gasteiger partial charge in [0.1, 0.15) is 5.02 Å². The molecule has 0 aliphatic rings. The van der Waals surface area contributed by atoms with Crippen LogP contribution in [0.4, 0.5) is 18.9 Å². The number of nitrogens with zero attached hydrogens (tertiary/aromatic N) is 6. The van der Waals surface area contributed by atoms with E-state index in [0.717, 1.165) is 22.4 Å². The average Bonchev–Trinajstić information content (AvgIpc) is 3.10. The number of rotatable bonds is 6. The van der Waals surface area contributed by atoms with Crippen molar-refractivity contribution in [3.63, 3.8) is 0 Å². The van der Waals surface area contributed by atoms with Crippen LogP contribution in [0.15, 0.2) is 41.7 Å². The SMILES string of the molecule is CN(C)C(CNc1cnn(-c2ccc(C(F)(F)F)cn2)c(=O)c1Cl)c1cnn(C)c1. The topological polar surface area (TPSA) is 80.9 Å². The van der Waals surface area contributed by atoms with Gasteiger partial charge in [-0.2, -0.15) is 28.1 Å². The van der Waals surface area contributed by atoms with Crippen LogP contribution in [0.3, 0.4) is 0 Å². The Kier molecular flexibility index (Phi) is 6.13. The highest BCUT2D eigenvalue weighted by atomic mass is 35.5. The second-order valence-electron chi connectivity index (χ2n) is 6.80. The Hall–Kier alpha value is -2.92. The predicted octanol–water partition coefficient (Wildman–Crippen LogP) is 2.75. The van der Waals surface area contributed by atoms with Crippen molar-refractivity contribution in [1.29, 1.82) is 0 Å². The maximum atomic E-state index is 12.7. The van der Waals surface area contributed by atoms with E-state index in [4.69, 9.17) is 11.6 Å². The van der Waals surface area contributed by atoms with Gasteiger partial charge in [0.05, 0.1) is 29.7 Å². The standard InChI is InChI=1S/C18H19ClF3N7O/c1-27(2)14(11-6-25-28(3)10-11)9-23-13-8-26-29(17(30)16(13)19)15-5-4-12(7-24-15)18(20,21)22/h4-8,10,14,23H,9H2,1-3H3. The van der Waals surface area contributed by atoms with Crippen molar-refractivity contribution >= 4 is 17.3 Å². The fourth-order valence-corrected chi connectivity index (χ4v) is 3.01. The van der Waals surface area contributed by atoms with Crippen molar-refractivity contribution in [3.8, 4) is 5.82 Å². The number of likely N-dealkylation sites (N-methyl/N-ethyl adjacent to an activating group) is 1. The van der Waals surface area contributed by atoms with Crippen molar-refractivity contribution in [2.24, 2.45) is 7.05 Å². The van der Waals surface area contributed by atoms with Crippen LogP contribution in [0.25, 0.3) is 5.82 Å². The number of nitrogens with one attached hydrogen (secondary N) is 1. The molecule has 3 aromatic rings. The first-order chi connectivity index (χ1) is 14.1. The Bertz CT molecular complexity index is 1080. The summed E-state index contributed by atoms with van der Waals surface area (Å²) in [6.45, 7) is 0.419. The summed E-state index contributed by atoms with van der Waals surface area (Å²) in [7, 11) is 5.64. The number of hydrogen-bond acceptors (Lipinski definition) is 6. The minimum atomic E-state index is -4.52. The molecule has 0 radical (unpaired) electrons. The maximum absolute atomic E-state index is 12.7. The highest BCUT2D eigenvalue weighted by Crippen LogP contribution is 2.28. The summed E-state index contributed by atoms with van der Waals surface area (Å²) in [6.07, 6.45) is 1.09. The fourth-order valence-electron chi connectivity index (χ4n) is 2.82. The van der Waals surface area contributed by atoms with Gasteiger partial charge in [-0.25, -0.2) is 4.98 Å². The van der Waals surface area contributed by atoms with E-state index in [1.807, 2.05) is 32.2 Å². The van der Waals surface area contributed by atoms with E-state index in [2.05, 4.69) is 20.5 Å². The number of anilines is 1. The second-order valence-corrected chi connectivity index (χ2v) is 7.18. The van der Waals surface area contributed by atoms with Gasteiger partial charge in [-0.15, -0.1) is 0 Å². The summed E-state index contributed by atoms with van der Waals surface area (Å²) in [5.41, 5.74) is -0.340. The summed E-state index contributed by atoms with van der Waals surface area (Å²) in [5, 5.41) is 11.1. The molecule has 3 aromatic heterocycles. The second kappa shape index (κ2) is 8.44. The number of pyridine rings is 1. The van der Waals surface area contributed by atoms with Gasteiger partial charge in [-0.05, 0) is 26.2 Å². The molecule has 30 heavy (non-hydrogen) atoms. The molecule has 1 unspecified atom stereocenters.